The molecular formula is C38H44I4O4. The van der Waals surface area contributed by atoms with E-state index in [9.17, 15) is 20.4 Å². The van der Waals surface area contributed by atoms with Crippen molar-refractivity contribution in [3.8, 4) is 17.2 Å². The van der Waals surface area contributed by atoms with Crippen molar-refractivity contribution in [2.45, 2.75) is 98.3 Å². The zero-order valence-electron chi connectivity index (χ0n) is 27.4. The van der Waals surface area contributed by atoms with E-state index < -0.39 is 0 Å². The number of hydrogen-bond acceptors (Lipinski definition) is 4. The second-order valence-corrected chi connectivity index (χ2v) is 17.9. The van der Waals surface area contributed by atoms with Gasteiger partial charge in [0.15, 0.2) is 0 Å². The van der Waals surface area contributed by atoms with Crippen molar-refractivity contribution >= 4 is 90.4 Å². The second-order valence-electron chi connectivity index (χ2n) is 13.2. The molecule has 0 saturated heterocycles. The Bertz CT molecular complexity index is 1650. The van der Waals surface area contributed by atoms with Gasteiger partial charge in [-0.15, -0.1) is 0 Å². The molecule has 4 nitrogen and oxygen atoms in total. The van der Waals surface area contributed by atoms with Crippen LogP contribution in [0.25, 0.3) is 0 Å². The van der Waals surface area contributed by atoms with Gasteiger partial charge in [-0.05, 0) is 201 Å². The standard InChI is InChI=1S/C38H44I4O4/c1-20(2)34(43)27(14-25-16-30(39)36(45)31(40)17-25)12-21(3)24(6)38(10-8-7-9-11-38)29-13-22(4)35(44)28(23(29)5)15-26-18-32(41)37(46)33(42)19-26/h13,16-20,43-46H,7-12,14-15H2,1-6H3/b24-21+,34-27-. The van der Waals surface area contributed by atoms with E-state index in [0.717, 1.165) is 73.4 Å². The van der Waals surface area contributed by atoms with Crippen LogP contribution >= 0.6 is 90.4 Å². The first-order valence-corrected chi connectivity index (χ1v) is 20.1. The third-order valence-corrected chi connectivity index (χ3v) is 13.1. The largest absolute Gasteiger partial charge is 0.512 e. The van der Waals surface area contributed by atoms with E-state index in [1.807, 2.05) is 45.0 Å². The molecule has 4 rings (SSSR count). The van der Waals surface area contributed by atoms with E-state index in [2.05, 4.69) is 117 Å². The lowest BCUT2D eigenvalue weighted by atomic mass is 9.62. The van der Waals surface area contributed by atoms with Gasteiger partial charge in [-0.1, -0.05) is 50.3 Å². The highest BCUT2D eigenvalue weighted by Crippen LogP contribution is 2.50. The van der Waals surface area contributed by atoms with Crippen LogP contribution < -0.4 is 0 Å². The number of phenolic OH excluding ortho intramolecular Hbond substituents is 3. The van der Waals surface area contributed by atoms with E-state index >= 15 is 0 Å². The van der Waals surface area contributed by atoms with Crippen LogP contribution in [0.3, 0.4) is 0 Å². The summed E-state index contributed by atoms with van der Waals surface area (Å²) in [5.74, 6) is 1.43. The third kappa shape index (κ3) is 8.17. The third-order valence-electron chi connectivity index (χ3n) is 9.80. The van der Waals surface area contributed by atoms with E-state index in [4.69, 9.17) is 0 Å². The average molecular weight is 1070 g/mol. The van der Waals surface area contributed by atoms with Crippen LogP contribution in [0, 0.1) is 34.0 Å². The van der Waals surface area contributed by atoms with Gasteiger partial charge in [0, 0.05) is 23.3 Å². The van der Waals surface area contributed by atoms with Gasteiger partial charge in [-0.25, -0.2) is 0 Å². The first-order valence-electron chi connectivity index (χ1n) is 15.8. The predicted octanol–water partition coefficient (Wildman–Crippen LogP) is 12.1. The maximum Gasteiger partial charge on any atom is 0.142 e. The first kappa shape index (κ1) is 38.1. The van der Waals surface area contributed by atoms with Crippen LogP contribution in [-0.2, 0) is 18.3 Å². The summed E-state index contributed by atoms with van der Waals surface area (Å²) in [6.45, 7) is 12.8. The summed E-state index contributed by atoms with van der Waals surface area (Å²) in [5.41, 5.74) is 9.96. The Morgan fingerprint density at radius 2 is 1.26 bits per heavy atom. The number of allylic oxidation sites excluding steroid dienone is 4. The van der Waals surface area contributed by atoms with E-state index in [1.165, 1.54) is 23.1 Å². The number of aryl methyl sites for hydroxylation is 1. The molecule has 0 aromatic heterocycles. The quantitative estimate of drug-likeness (QED) is 0.0978. The number of phenols is 3. The number of aliphatic hydroxyl groups is 1. The van der Waals surface area contributed by atoms with Gasteiger partial charge in [-0.2, -0.15) is 0 Å². The van der Waals surface area contributed by atoms with Crippen LogP contribution in [0.15, 0.2) is 52.8 Å². The fraction of sp³-hybridized carbons (Fsp3) is 0.421. The van der Waals surface area contributed by atoms with Crippen molar-refractivity contribution < 1.29 is 20.4 Å². The molecule has 0 atom stereocenters. The topological polar surface area (TPSA) is 80.9 Å². The van der Waals surface area contributed by atoms with Crippen molar-refractivity contribution in [3.63, 3.8) is 0 Å². The number of hydrogen-bond donors (Lipinski definition) is 4. The Balaban J connectivity index is 1.82. The fourth-order valence-electron chi connectivity index (χ4n) is 7.09. The maximum absolute atomic E-state index is 11.4. The SMILES string of the molecule is C/C(C/C(Cc1cc(I)c(O)c(I)c1)=C(/O)C(C)C)=C(/C)C1(c2cc(C)c(O)c(Cc3cc(I)c(O)c(I)c3)c2C)CCCCC1. The van der Waals surface area contributed by atoms with Crippen molar-refractivity contribution in [1.29, 1.82) is 0 Å². The van der Waals surface area contributed by atoms with E-state index in [-0.39, 0.29) is 11.3 Å². The summed E-state index contributed by atoms with van der Waals surface area (Å²) in [5, 5.41) is 43.5. The molecule has 8 heteroatoms. The van der Waals surface area contributed by atoms with Gasteiger partial charge in [0.05, 0.1) is 20.0 Å². The number of aliphatic hydroxyl groups excluding tert-OH is 1. The van der Waals surface area contributed by atoms with E-state index in [0.29, 0.717) is 42.3 Å². The minimum atomic E-state index is -0.153. The van der Waals surface area contributed by atoms with Gasteiger partial charge in [0.25, 0.3) is 0 Å². The molecule has 1 aliphatic rings. The summed E-state index contributed by atoms with van der Waals surface area (Å²) >= 11 is 8.70. The average Bonchev–Trinajstić information content (AvgIpc) is 3.01. The lowest BCUT2D eigenvalue weighted by Crippen LogP contribution is -2.32. The monoisotopic (exact) mass is 1070 g/mol. The molecule has 4 N–H and O–H groups in total. The minimum Gasteiger partial charge on any atom is -0.512 e. The highest BCUT2D eigenvalue weighted by Gasteiger charge is 2.39. The van der Waals surface area contributed by atoms with Crippen LogP contribution in [0.4, 0.5) is 0 Å². The Morgan fingerprint density at radius 1 is 0.761 bits per heavy atom. The Labute approximate surface area is 329 Å². The summed E-state index contributed by atoms with van der Waals surface area (Å²) in [6, 6.07) is 10.3. The summed E-state index contributed by atoms with van der Waals surface area (Å²) in [7, 11) is 0. The first-order chi connectivity index (χ1) is 21.6. The van der Waals surface area contributed by atoms with Crippen molar-refractivity contribution in [2.75, 3.05) is 0 Å². The molecule has 3 aromatic carbocycles. The molecule has 0 amide bonds. The van der Waals surface area contributed by atoms with Gasteiger partial charge in [0.2, 0.25) is 0 Å². The maximum atomic E-state index is 11.4. The van der Waals surface area contributed by atoms with E-state index in [1.54, 1.807) is 0 Å². The molecule has 0 aliphatic heterocycles. The molecule has 0 unspecified atom stereocenters. The molecule has 1 saturated carbocycles. The van der Waals surface area contributed by atoms with Gasteiger partial charge in [-0.3, -0.25) is 0 Å². The molecule has 0 spiro atoms. The lowest BCUT2D eigenvalue weighted by molar-refractivity contribution is 0.333. The minimum absolute atomic E-state index is 0.0116. The molecule has 0 heterocycles. The van der Waals surface area contributed by atoms with Crippen LogP contribution in [0.5, 0.6) is 17.2 Å². The molecule has 0 radical (unpaired) electrons. The Morgan fingerprint density at radius 3 is 1.76 bits per heavy atom. The molecule has 0 bridgehead atoms. The molecule has 1 fully saturated rings. The predicted molar refractivity (Wildman–Crippen MR) is 223 cm³/mol. The lowest BCUT2D eigenvalue weighted by Gasteiger charge is -2.42. The zero-order chi connectivity index (χ0) is 34.1. The highest BCUT2D eigenvalue weighted by molar-refractivity contribution is 14.1. The number of benzene rings is 3. The second kappa shape index (κ2) is 15.9. The highest BCUT2D eigenvalue weighted by atomic mass is 127. The summed E-state index contributed by atoms with van der Waals surface area (Å²) < 4.78 is 3.26. The summed E-state index contributed by atoms with van der Waals surface area (Å²) in [4.78, 5) is 0. The van der Waals surface area contributed by atoms with Gasteiger partial charge >= 0.3 is 0 Å². The number of rotatable bonds is 9. The molecule has 46 heavy (non-hydrogen) atoms. The molecule has 248 valence electrons. The number of halogens is 4. The van der Waals surface area contributed by atoms with Gasteiger partial charge < -0.3 is 20.4 Å². The smallest absolute Gasteiger partial charge is 0.142 e. The van der Waals surface area contributed by atoms with Crippen LogP contribution in [-0.4, -0.2) is 20.4 Å². The normalized spacial score (nSPS) is 16.0. The van der Waals surface area contributed by atoms with Crippen molar-refractivity contribution in [1.82, 2.24) is 0 Å². The Hall–Kier alpha value is -0.740. The molecular weight excluding hydrogens is 1030 g/mol. The van der Waals surface area contributed by atoms with Crippen molar-refractivity contribution in [2.24, 2.45) is 5.92 Å². The van der Waals surface area contributed by atoms with Crippen molar-refractivity contribution in [3.05, 3.63) is 100 Å². The molecule has 3 aromatic rings. The van der Waals surface area contributed by atoms with Crippen LogP contribution in [0.1, 0.15) is 99.6 Å². The number of aromatic hydroxyl groups is 3. The van der Waals surface area contributed by atoms with Gasteiger partial charge in [0.1, 0.15) is 17.2 Å². The zero-order valence-corrected chi connectivity index (χ0v) is 36.1. The Kier molecular flexibility index (Phi) is 13.1. The van der Waals surface area contributed by atoms with Crippen LogP contribution in [0.2, 0.25) is 0 Å². The summed E-state index contributed by atoms with van der Waals surface area (Å²) in [6.07, 6.45) is 7.53. The fourth-order valence-corrected chi connectivity index (χ4v) is 10.9. The molecule has 1 aliphatic carbocycles.